The Kier molecular flexibility index (Phi) is 9.71. The number of hydrogen-bond acceptors (Lipinski definition) is 5. The quantitative estimate of drug-likeness (QED) is 0.379. The fourth-order valence-corrected chi connectivity index (χ4v) is 3.02. The lowest BCUT2D eigenvalue weighted by Gasteiger charge is -2.11. The number of ketones is 1. The van der Waals surface area contributed by atoms with Crippen molar-refractivity contribution in [3.05, 3.63) is 54.1 Å². The molecule has 0 radical (unpaired) electrons. The molecule has 0 fully saturated rings. The molecule has 160 valence electrons. The van der Waals surface area contributed by atoms with Gasteiger partial charge in [0.15, 0.2) is 0 Å². The predicted molar refractivity (Wildman–Crippen MR) is 122 cm³/mol. The molecule has 6 heteroatoms. The van der Waals surface area contributed by atoms with E-state index in [2.05, 4.69) is 15.5 Å². The first-order chi connectivity index (χ1) is 14.5. The van der Waals surface area contributed by atoms with Crippen LogP contribution in [0, 0.1) is 0 Å². The van der Waals surface area contributed by atoms with E-state index < -0.39 is 0 Å². The normalized spacial score (nSPS) is 10.9. The van der Waals surface area contributed by atoms with Crippen LogP contribution in [0.4, 0.5) is 17.1 Å². The lowest BCUT2D eigenvalue weighted by atomic mass is 10.0. The van der Waals surface area contributed by atoms with Crippen molar-refractivity contribution in [2.24, 2.45) is 10.2 Å². The van der Waals surface area contributed by atoms with Crippen LogP contribution in [-0.2, 0) is 16.0 Å². The summed E-state index contributed by atoms with van der Waals surface area (Å²) in [4.78, 5) is 25.3. The summed E-state index contributed by atoms with van der Waals surface area (Å²) >= 11 is 0. The van der Waals surface area contributed by atoms with Crippen LogP contribution >= 0.6 is 0 Å². The molecule has 0 spiro atoms. The summed E-state index contributed by atoms with van der Waals surface area (Å²) in [7, 11) is 5.65. The molecule has 0 unspecified atom stereocenters. The molecule has 6 nitrogen and oxygen atoms in total. The first-order valence-electron chi connectivity index (χ1n) is 10.5. The van der Waals surface area contributed by atoms with Crippen molar-refractivity contribution in [3.8, 4) is 0 Å². The first-order valence-corrected chi connectivity index (χ1v) is 10.5. The van der Waals surface area contributed by atoms with E-state index in [9.17, 15) is 9.59 Å². The van der Waals surface area contributed by atoms with Gasteiger partial charge in [0.25, 0.3) is 0 Å². The van der Waals surface area contributed by atoms with Crippen LogP contribution in [0.15, 0.2) is 58.8 Å². The number of nitrogens with zero attached hydrogens (tertiary/aromatic N) is 3. The summed E-state index contributed by atoms with van der Waals surface area (Å²) in [6.07, 6.45) is 5.33. The molecule has 0 saturated heterocycles. The Morgan fingerprint density at radius 3 is 1.87 bits per heavy atom. The molecule has 0 aliphatic carbocycles. The number of carbonyl (C=O) groups excluding carboxylic acids is 2. The number of Topliss-reactive ketones (excluding diaryl/α,β-unsaturated/α-hetero) is 1. The molecule has 0 aliphatic heterocycles. The van der Waals surface area contributed by atoms with Crippen LogP contribution in [0.2, 0.25) is 0 Å². The first kappa shape index (κ1) is 23.3. The van der Waals surface area contributed by atoms with Crippen molar-refractivity contribution in [2.45, 2.75) is 44.9 Å². The van der Waals surface area contributed by atoms with Gasteiger partial charge in [-0.25, -0.2) is 0 Å². The van der Waals surface area contributed by atoms with Crippen LogP contribution in [0.1, 0.15) is 44.1 Å². The van der Waals surface area contributed by atoms with Gasteiger partial charge in [0.1, 0.15) is 5.78 Å². The third-order valence-electron chi connectivity index (χ3n) is 4.87. The lowest BCUT2D eigenvalue weighted by molar-refractivity contribution is -0.121. The summed E-state index contributed by atoms with van der Waals surface area (Å²) < 4.78 is 0. The van der Waals surface area contributed by atoms with Crippen molar-refractivity contribution in [1.82, 2.24) is 5.32 Å². The number of nitrogens with one attached hydrogen (secondary N) is 1. The summed E-state index contributed by atoms with van der Waals surface area (Å²) in [6.45, 7) is 0. The Bertz CT molecular complexity index is 827. The topological polar surface area (TPSA) is 74.1 Å². The number of rotatable bonds is 12. The zero-order valence-corrected chi connectivity index (χ0v) is 18.2. The molecule has 0 atom stereocenters. The van der Waals surface area contributed by atoms with Gasteiger partial charge in [-0.1, -0.05) is 25.0 Å². The van der Waals surface area contributed by atoms with E-state index in [0.29, 0.717) is 19.3 Å². The van der Waals surface area contributed by atoms with Gasteiger partial charge in [-0.15, -0.1) is 0 Å². The Morgan fingerprint density at radius 2 is 1.33 bits per heavy atom. The van der Waals surface area contributed by atoms with Gasteiger partial charge < -0.3 is 10.2 Å². The number of azo groups is 1. The molecule has 0 heterocycles. The van der Waals surface area contributed by atoms with E-state index in [1.165, 1.54) is 0 Å². The van der Waals surface area contributed by atoms with E-state index in [4.69, 9.17) is 0 Å². The maximum atomic E-state index is 12.2. The Morgan fingerprint density at radius 1 is 0.800 bits per heavy atom. The SMILES string of the molecule is CNC(=O)CCCCCCC(=O)Cc1ccc(N=Nc2ccc(N(C)C)cc2)cc1. The van der Waals surface area contributed by atoms with Crippen LogP contribution < -0.4 is 10.2 Å². The van der Waals surface area contributed by atoms with Crippen molar-refractivity contribution >= 4 is 28.8 Å². The van der Waals surface area contributed by atoms with E-state index in [-0.39, 0.29) is 11.7 Å². The molecule has 0 bridgehead atoms. The minimum absolute atomic E-state index is 0.0799. The molecular weight excluding hydrogens is 376 g/mol. The van der Waals surface area contributed by atoms with Gasteiger partial charge in [0.05, 0.1) is 11.4 Å². The highest BCUT2D eigenvalue weighted by Gasteiger charge is 2.05. The van der Waals surface area contributed by atoms with Gasteiger partial charge in [-0.2, -0.15) is 10.2 Å². The number of amides is 1. The average Bonchev–Trinajstić information content (AvgIpc) is 2.75. The Hall–Kier alpha value is -3.02. The van der Waals surface area contributed by atoms with Gasteiger partial charge in [0.2, 0.25) is 5.91 Å². The zero-order chi connectivity index (χ0) is 21.8. The second kappa shape index (κ2) is 12.5. The fourth-order valence-electron chi connectivity index (χ4n) is 3.02. The molecule has 30 heavy (non-hydrogen) atoms. The Balaban J connectivity index is 1.72. The lowest BCUT2D eigenvalue weighted by Crippen LogP contribution is -2.16. The van der Waals surface area contributed by atoms with Crippen molar-refractivity contribution in [1.29, 1.82) is 0 Å². The van der Waals surface area contributed by atoms with Crippen LogP contribution in [0.3, 0.4) is 0 Å². The van der Waals surface area contributed by atoms with E-state index in [1.807, 2.05) is 67.5 Å². The van der Waals surface area contributed by atoms with Crippen molar-refractivity contribution in [2.75, 3.05) is 26.0 Å². The van der Waals surface area contributed by atoms with Crippen LogP contribution in [0.25, 0.3) is 0 Å². The number of benzene rings is 2. The average molecular weight is 409 g/mol. The van der Waals surface area contributed by atoms with E-state index in [0.717, 1.165) is 48.3 Å². The monoisotopic (exact) mass is 408 g/mol. The molecule has 1 N–H and O–H groups in total. The molecule has 2 aromatic carbocycles. The van der Waals surface area contributed by atoms with Crippen molar-refractivity contribution in [3.63, 3.8) is 0 Å². The largest absolute Gasteiger partial charge is 0.378 e. The number of hydrogen-bond donors (Lipinski definition) is 1. The molecule has 0 saturated carbocycles. The molecule has 1 amide bonds. The van der Waals surface area contributed by atoms with Gasteiger partial charge in [-0.3, -0.25) is 9.59 Å². The highest BCUT2D eigenvalue weighted by molar-refractivity contribution is 5.80. The maximum absolute atomic E-state index is 12.2. The predicted octanol–water partition coefficient (Wildman–Crippen LogP) is 5.37. The van der Waals surface area contributed by atoms with E-state index in [1.54, 1.807) is 7.05 Å². The third-order valence-corrected chi connectivity index (χ3v) is 4.87. The van der Waals surface area contributed by atoms with Crippen LogP contribution in [0.5, 0.6) is 0 Å². The summed E-state index contributed by atoms with van der Waals surface area (Å²) in [5, 5.41) is 11.1. The number of carbonyl (C=O) groups is 2. The molecular formula is C24H32N4O2. The fraction of sp³-hybridized carbons (Fsp3) is 0.417. The highest BCUT2D eigenvalue weighted by Crippen LogP contribution is 2.21. The standard InChI is InChI=1S/C24H32N4O2/c1-25-24(30)9-7-5-4-6-8-23(29)18-19-10-12-20(13-11-19)26-27-21-14-16-22(17-15-21)28(2)3/h10-17H,4-9,18H2,1-3H3,(H,25,30). The summed E-state index contributed by atoms with van der Waals surface area (Å²) in [6, 6.07) is 15.5. The zero-order valence-electron chi connectivity index (χ0n) is 18.2. The minimum Gasteiger partial charge on any atom is -0.378 e. The van der Waals surface area contributed by atoms with Crippen LogP contribution in [-0.4, -0.2) is 32.8 Å². The maximum Gasteiger partial charge on any atom is 0.219 e. The third kappa shape index (κ3) is 8.55. The molecule has 0 aromatic heterocycles. The van der Waals surface area contributed by atoms with Gasteiger partial charge in [-0.05, 0) is 54.8 Å². The summed E-state index contributed by atoms with van der Waals surface area (Å²) in [5.74, 6) is 0.327. The van der Waals surface area contributed by atoms with Gasteiger partial charge in [0, 0.05) is 46.1 Å². The molecule has 2 aromatic rings. The van der Waals surface area contributed by atoms with Crippen molar-refractivity contribution < 1.29 is 9.59 Å². The van der Waals surface area contributed by atoms with E-state index >= 15 is 0 Å². The minimum atomic E-state index is 0.0799. The smallest absolute Gasteiger partial charge is 0.219 e. The Labute approximate surface area is 179 Å². The van der Waals surface area contributed by atoms with Gasteiger partial charge >= 0.3 is 0 Å². The second-order valence-electron chi connectivity index (χ2n) is 7.58. The number of anilines is 1. The highest BCUT2D eigenvalue weighted by atomic mass is 16.1. The number of unbranched alkanes of at least 4 members (excludes halogenated alkanes) is 3. The summed E-state index contributed by atoms with van der Waals surface area (Å²) in [5.41, 5.74) is 3.68. The molecule has 2 rings (SSSR count). The molecule has 0 aliphatic rings. The second-order valence-corrected chi connectivity index (χ2v) is 7.58.